The molecule has 1 amide bonds. The van der Waals surface area contributed by atoms with E-state index in [0.717, 1.165) is 11.1 Å². The molecule has 8 nitrogen and oxygen atoms in total. The summed E-state index contributed by atoms with van der Waals surface area (Å²) >= 11 is 1.47. The maximum absolute atomic E-state index is 12.3. The number of aryl methyl sites for hydroxylation is 1. The third-order valence-electron chi connectivity index (χ3n) is 4.34. The number of nitrogens with one attached hydrogen (secondary N) is 1. The lowest BCUT2D eigenvalue weighted by atomic mass is 10.1. The normalized spacial score (nSPS) is 10.6. The Morgan fingerprint density at radius 2 is 1.90 bits per heavy atom. The molecule has 0 fully saturated rings. The summed E-state index contributed by atoms with van der Waals surface area (Å²) < 4.78 is 1.89. The van der Waals surface area contributed by atoms with Crippen LogP contribution in [0.3, 0.4) is 0 Å². The summed E-state index contributed by atoms with van der Waals surface area (Å²) in [5.74, 6) is 1.04. The van der Waals surface area contributed by atoms with Crippen molar-refractivity contribution in [1.29, 1.82) is 0 Å². The Morgan fingerprint density at radius 1 is 1.20 bits per heavy atom. The van der Waals surface area contributed by atoms with E-state index in [2.05, 4.69) is 22.1 Å². The second-order valence-corrected chi connectivity index (χ2v) is 7.50. The summed E-state index contributed by atoms with van der Waals surface area (Å²) in [7, 11) is 0. The molecule has 0 aliphatic heterocycles. The van der Waals surface area contributed by atoms with Gasteiger partial charge in [0.1, 0.15) is 0 Å². The van der Waals surface area contributed by atoms with Crippen LogP contribution in [0.4, 0.5) is 5.69 Å². The fourth-order valence-corrected chi connectivity index (χ4v) is 3.62. The van der Waals surface area contributed by atoms with Crippen LogP contribution in [0.5, 0.6) is 0 Å². The number of thioether (sulfide) groups is 1. The number of hydrogen-bond acceptors (Lipinski definition) is 6. The van der Waals surface area contributed by atoms with Crippen molar-refractivity contribution in [3.63, 3.8) is 0 Å². The minimum absolute atomic E-state index is 0.0604. The maximum atomic E-state index is 12.3. The van der Waals surface area contributed by atoms with Gasteiger partial charge in [0.15, 0.2) is 11.0 Å². The minimum atomic E-state index is -0.422. The van der Waals surface area contributed by atoms with Crippen LogP contribution < -0.4 is 5.32 Å². The molecule has 1 N–H and O–H groups in total. The molecule has 9 heteroatoms. The predicted octanol–water partition coefficient (Wildman–Crippen LogP) is 3.90. The molecule has 1 aromatic heterocycles. The SMILES string of the molecule is C=CCn1c(CNC(=O)c2ccc(C)cc2)nnc1SCc1ccc([N+](=O)[O-])cc1. The number of hydrogen-bond donors (Lipinski definition) is 1. The van der Waals surface area contributed by atoms with Gasteiger partial charge in [-0.15, -0.1) is 16.8 Å². The van der Waals surface area contributed by atoms with Gasteiger partial charge in [0, 0.05) is 30.0 Å². The van der Waals surface area contributed by atoms with Gasteiger partial charge in [0.2, 0.25) is 0 Å². The van der Waals surface area contributed by atoms with E-state index >= 15 is 0 Å². The van der Waals surface area contributed by atoms with Gasteiger partial charge < -0.3 is 9.88 Å². The Balaban J connectivity index is 1.65. The average molecular weight is 423 g/mol. The number of aromatic nitrogens is 3. The van der Waals surface area contributed by atoms with Crippen LogP contribution in [0.25, 0.3) is 0 Å². The molecule has 0 saturated heterocycles. The summed E-state index contributed by atoms with van der Waals surface area (Å²) in [5, 5.41) is 22.8. The Morgan fingerprint density at radius 3 is 2.53 bits per heavy atom. The lowest BCUT2D eigenvalue weighted by Gasteiger charge is -2.09. The zero-order valence-corrected chi connectivity index (χ0v) is 17.3. The van der Waals surface area contributed by atoms with E-state index in [1.165, 1.54) is 23.9 Å². The van der Waals surface area contributed by atoms with Gasteiger partial charge in [-0.05, 0) is 24.6 Å². The zero-order valence-electron chi connectivity index (χ0n) is 16.4. The monoisotopic (exact) mass is 423 g/mol. The second-order valence-electron chi connectivity index (χ2n) is 6.56. The first-order chi connectivity index (χ1) is 14.5. The number of amides is 1. The van der Waals surface area contributed by atoms with Crippen molar-refractivity contribution < 1.29 is 9.72 Å². The third kappa shape index (κ3) is 5.32. The van der Waals surface area contributed by atoms with Gasteiger partial charge >= 0.3 is 0 Å². The molecule has 0 bridgehead atoms. The van der Waals surface area contributed by atoms with Gasteiger partial charge in [-0.3, -0.25) is 14.9 Å². The van der Waals surface area contributed by atoms with E-state index in [0.29, 0.717) is 28.8 Å². The van der Waals surface area contributed by atoms with E-state index in [-0.39, 0.29) is 18.1 Å². The standard InChI is InChI=1S/C21H21N5O3S/c1-3-12-25-19(13-22-20(27)17-8-4-15(2)5-9-17)23-24-21(25)30-14-16-6-10-18(11-7-16)26(28)29/h3-11H,1,12-14H2,2H3,(H,22,27). The van der Waals surface area contributed by atoms with Crippen molar-refractivity contribution in [2.75, 3.05) is 0 Å². The molecule has 3 aromatic rings. The highest BCUT2D eigenvalue weighted by Gasteiger charge is 2.14. The molecule has 0 aliphatic rings. The van der Waals surface area contributed by atoms with Crippen molar-refractivity contribution >= 4 is 23.4 Å². The number of non-ortho nitro benzene ring substituents is 1. The molecule has 0 aliphatic carbocycles. The Hall–Kier alpha value is -3.46. The number of carbonyl (C=O) groups is 1. The number of nitro groups is 1. The van der Waals surface area contributed by atoms with Crippen molar-refractivity contribution in [1.82, 2.24) is 20.1 Å². The fraction of sp³-hybridized carbons (Fsp3) is 0.190. The predicted molar refractivity (Wildman–Crippen MR) is 115 cm³/mol. The van der Waals surface area contributed by atoms with Crippen LogP contribution in [0.1, 0.15) is 27.3 Å². The van der Waals surface area contributed by atoms with Crippen LogP contribution in [0.2, 0.25) is 0 Å². The highest BCUT2D eigenvalue weighted by molar-refractivity contribution is 7.98. The number of benzene rings is 2. The van der Waals surface area contributed by atoms with Gasteiger partial charge in [0.05, 0.1) is 11.5 Å². The molecule has 0 radical (unpaired) electrons. The van der Waals surface area contributed by atoms with Crippen LogP contribution in [0, 0.1) is 17.0 Å². The Bertz CT molecular complexity index is 1050. The summed E-state index contributed by atoms with van der Waals surface area (Å²) in [5.41, 5.74) is 2.67. The summed E-state index contributed by atoms with van der Waals surface area (Å²) in [6.07, 6.45) is 1.74. The number of nitro benzene ring substituents is 1. The minimum Gasteiger partial charge on any atom is -0.345 e. The summed E-state index contributed by atoms with van der Waals surface area (Å²) in [6.45, 7) is 6.49. The molecule has 1 heterocycles. The number of rotatable bonds is 9. The van der Waals surface area contributed by atoms with Crippen molar-refractivity contribution in [3.05, 3.63) is 93.8 Å². The van der Waals surface area contributed by atoms with E-state index < -0.39 is 4.92 Å². The molecule has 0 spiro atoms. The fourth-order valence-electron chi connectivity index (χ4n) is 2.70. The molecule has 0 unspecified atom stereocenters. The highest BCUT2D eigenvalue weighted by Crippen LogP contribution is 2.23. The lowest BCUT2D eigenvalue weighted by Crippen LogP contribution is -2.24. The molecule has 2 aromatic carbocycles. The molecule has 3 rings (SSSR count). The number of carbonyl (C=O) groups excluding carboxylic acids is 1. The maximum Gasteiger partial charge on any atom is 0.269 e. The van der Waals surface area contributed by atoms with E-state index in [1.54, 1.807) is 30.3 Å². The molecule has 0 atom stereocenters. The average Bonchev–Trinajstić information content (AvgIpc) is 3.13. The van der Waals surface area contributed by atoms with E-state index in [9.17, 15) is 14.9 Å². The largest absolute Gasteiger partial charge is 0.345 e. The summed E-state index contributed by atoms with van der Waals surface area (Å²) in [4.78, 5) is 22.7. The number of allylic oxidation sites excluding steroid dienone is 1. The second kappa shape index (κ2) is 9.84. The first kappa shape index (κ1) is 21.3. The Kier molecular flexibility index (Phi) is 6.97. The van der Waals surface area contributed by atoms with E-state index in [1.807, 2.05) is 23.6 Å². The van der Waals surface area contributed by atoms with Crippen LogP contribution >= 0.6 is 11.8 Å². The molecule has 154 valence electrons. The van der Waals surface area contributed by atoms with Crippen LogP contribution in [0.15, 0.2) is 66.3 Å². The highest BCUT2D eigenvalue weighted by atomic mass is 32.2. The first-order valence-electron chi connectivity index (χ1n) is 9.22. The van der Waals surface area contributed by atoms with Gasteiger partial charge in [-0.1, -0.05) is 47.7 Å². The van der Waals surface area contributed by atoms with Crippen molar-refractivity contribution in [2.45, 2.75) is 30.9 Å². The third-order valence-corrected chi connectivity index (χ3v) is 5.38. The van der Waals surface area contributed by atoms with E-state index in [4.69, 9.17) is 0 Å². The molecule has 0 saturated carbocycles. The molecular formula is C21H21N5O3S. The molecule has 30 heavy (non-hydrogen) atoms. The smallest absolute Gasteiger partial charge is 0.269 e. The van der Waals surface area contributed by atoms with Crippen molar-refractivity contribution in [2.24, 2.45) is 0 Å². The Labute approximate surface area is 178 Å². The first-order valence-corrected chi connectivity index (χ1v) is 10.2. The van der Waals surface area contributed by atoms with Crippen LogP contribution in [-0.4, -0.2) is 25.6 Å². The van der Waals surface area contributed by atoms with Gasteiger partial charge in [0.25, 0.3) is 11.6 Å². The number of nitrogens with zero attached hydrogens (tertiary/aromatic N) is 4. The zero-order chi connectivity index (χ0) is 21.5. The van der Waals surface area contributed by atoms with Crippen LogP contribution in [-0.2, 0) is 18.8 Å². The quantitative estimate of drug-likeness (QED) is 0.242. The van der Waals surface area contributed by atoms with Gasteiger partial charge in [-0.2, -0.15) is 0 Å². The molecular weight excluding hydrogens is 402 g/mol. The van der Waals surface area contributed by atoms with Gasteiger partial charge in [-0.25, -0.2) is 0 Å². The lowest BCUT2D eigenvalue weighted by molar-refractivity contribution is -0.384. The summed E-state index contributed by atoms with van der Waals surface area (Å²) in [6, 6.07) is 13.8. The topological polar surface area (TPSA) is 103 Å². The van der Waals surface area contributed by atoms with Crippen molar-refractivity contribution in [3.8, 4) is 0 Å².